The summed E-state index contributed by atoms with van der Waals surface area (Å²) < 4.78 is 11.1. The van der Waals surface area contributed by atoms with E-state index in [1.54, 1.807) is 0 Å². The van der Waals surface area contributed by atoms with Crippen LogP contribution < -0.4 is 14.8 Å². The Hall–Kier alpha value is -2.49. The van der Waals surface area contributed by atoms with Crippen LogP contribution in [0.15, 0.2) is 42.5 Å². The maximum atomic E-state index is 12.2. The first-order valence-corrected chi connectivity index (χ1v) is 8.36. The highest BCUT2D eigenvalue weighted by Gasteiger charge is 2.15. The number of carbonyl (C=O) groups is 1. The van der Waals surface area contributed by atoms with Crippen molar-refractivity contribution in [1.29, 1.82) is 0 Å². The van der Waals surface area contributed by atoms with Crippen molar-refractivity contribution in [3.63, 3.8) is 0 Å². The van der Waals surface area contributed by atoms with Gasteiger partial charge < -0.3 is 14.8 Å². The van der Waals surface area contributed by atoms with Gasteiger partial charge in [0.25, 0.3) is 0 Å². The normalized spacial score (nSPS) is 14.1. The number of ether oxygens (including phenoxy) is 2. The molecule has 0 saturated heterocycles. The molecular formula is C20H23NO3. The molecule has 1 atom stereocenters. The van der Waals surface area contributed by atoms with Gasteiger partial charge in [-0.2, -0.15) is 0 Å². The van der Waals surface area contributed by atoms with Crippen LogP contribution in [0.5, 0.6) is 11.5 Å². The number of hydrogen-bond acceptors (Lipinski definition) is 3. The van der Waals surface area contributed by atoms with E-state index in [1.807, 2.05) is 25.1 Å². The summed E-state index contributed by atoms with van der Waals surface area (Å²) >= 11 is 0. The molecule has 3 rings (SSSR count). The summed E-state index contributed by atoms with van der Waals surface area (Å²) in [5, 5.41) is 3.05. The van der Waals surface area contributed by atoms with Gasteiger partial charge in [-0.1, -0.05) is 35.9 Å². The first-order chi connectivity index (χ1) is 11.6. The maximum Gasteiger partial charge on any atom is 0.220 e. The quantitative estimate of drug-likeness (QED) is 0.914. The number of amides is 1. The van der Waals surface area contributed by atoms with Gasteiger partial charge in [-0.3, -0.25) is 4.79 Å². The van der Waals surface area contributed by atoms with Crippen molar-refractivity contribution in [1.82, 2.24) is 5.32 Å². The van der Waals surface area contributed by atoms with Crippen molar-refractivity contribution >= 4 is 5.91 Å². The van der Waals surface area contributed by atoms with E-state index in [1.165, 1.54) is 11.1 Å². The van der Waals surface area contributed by atoms with E-state index in [2.05, 4.69) is 36.5 Å². The van der Waals surface area contributed by atoms with Crippen molar-refractivity contribution in [3.8, 4) is 11.5 Å². The molecule has 0 aromatic heterocycles. The lowest BCUT2D eigenvalue weighted by Crippen LogP contribution is -2.27. The van der Waals surface area contributed by atoms with Crippen LogP contribution in [0.4, 0.5) is 0 Å². The standard InChI is InChI=1S/C20H23NO3/c1-14-3-5-16(6-4-14)7-10-20(22)21-15(2)17-8-9-18-19(13-17)24-12-11-23-18/h3-6,8-9,13,15H,7,10-12H2,1-2H3,(H,21,22)/t15-/m1/s1. The first-order valence-electron chi connectivity index (χ1n) is 8.36. The summed E-state index contributed by atoms with van der Waals surface area (Å²) in [5.74, 6) is 1.57. The highest BCUT2D eigenvalue weighted by Crippen LogP contribution is 2.32. The second kappa shape index (κ2) is 7.39. The SMILES string of the molecule is Cc1ccc(CCC(=O)N[C@H](C)c2ccc3c(c2)OCCO3)cc1. The second-order valence-electron chi connectivity index (χ2n) is 6.18. The zero-order valence-corrected chi connectivity index (χ0v) is 14.2. The Labute approximate surface area is 142 Å². The fourth-order valence-electron chi connectivity index (χ4n) is 2.74. The largest absolute Gasteiger partial charge is 0.486 e. The molecule has 0 radical (unpaired) electrons. The number of benzene rings is 2. The summed E-state index contributed by atoms with van der Waals surface area (Å²) in [6, 6.07) is 14.1. The van der Waals surface area contributed by atoms with E-state index in [-0.39, 0.29) is 11.9 Å². The van der Waals surface area contributed by atoms with Crippen LogP contribution in [-0.2, 0) is 11.2 Å². The first kappa shape index (κ1) is 16.4. The lowest BCUT2D eigenvalue weighted by molar-refractivity contribution is -0.121. The number of fused-ring (bicyclic) bond motifs is 1. The molecule has 0 fully saturated rings. The number of carbonyl (C=O) groups excluding carboxylic acids is 1. The number of rotatable bonds is 5. The molecule has 1 aliphatic heterocycles. The molecule has 126 valence electrons. The molecule has 1 amide bonds. The minimum absolute atomic E-state index is 0.0537. The molecule has 1 heterocycles. The van der Waals surface area contributed by atoms with Crippen LogP contribution in [0, 0.1) is 6.92 Å². The number of aryl methyl sites for hydroxylation is 2. The molecule has 0 aliphatic carbocycles. The fourth-order valence-corrected chi connectivity index (χ4v) is 2.74. The summed E-state index contributed by atoms with van der Waals surface area (Å²) in [5.41, 5.74) is 3.43. The molecule has 4 nitrogen and oxygen atoms in total. The molecule has 2 aromatic carbocycles. The van der Waals surface area contributed by atoms with Crippen molar-refractivity contribution in [3.05, 3.63) is 59.2 Å². The highest BCUT2D eigenvalue weighted by molar-refractivity contribution is 5.76. The predicted molar refractivity (Wildman–Crippen MR) is 93.5 cm³/mol. The highest BCUT2D eigenvalue weighted by atomic mass is 16.6. The van der Waals surface area contributed by atoms with Gasteiger partial charge >= 0.3 is 0 Å². The Bertz CT molecular complexity index is 709. The predicted octanol–water partition coefficient (Wildman–Crippen LogP) is 3.58. The third-order valence-corrected chi connectivity index (χ3v) is 4.21. The molecule has 4 heteroatoms. The zero-order chi connectivity index (χ0) is 16.9. The fraction of sp³-hybridized carbons (Fsp3) is 0.350. The average molecular weight is 325 g/mol. The molecule has 0 spiro atoms. The van der Waals surface area contributed by atoms with Crippen LogP contribution in [-0.4, -0.2) is 19.1 Å². The molecule has 1 aliphatic rings. The molecule has 1 N–H and O–H groups in total. The van der Waals surface area contributed by atoms with E-state index < -0.39 is 0 Å². The van der Waals surface area contributed by atoms with Gasteiger partial charge in [-0.15, -0.1) is 0 Å². The van der Waals surface area contributed by atoms with Gasteiger partial charge in [0.15, 0.2) is 11.5 Å². The molecule has 0 unspecified atom stereocenters. The number of hydrogen-bond donors (Lipinski definition) is 1. The monoisotopic (exact) mass is 325 g/mol. The summed E-state index contributed by atoms with van der Waals surface area (Å²) in [6.45, 7) is 5.19. The van der Waals surface area contributed by atoms with Crippen LogP contribution in [0.1, 0.15) is 36.1 Å². The van der Waals surface area contributed by atoms with Gasteiger partial charge in [0.2, 0.25) is 5.91 Å². The summed E-state index contributed by atoms with van der Waals surface area (Å²) in [6.07, 6.45) is 1.23. The summed E-state index contributed by atoms with van der Waals surface area (Å²) in [7, 11) is 0. The van der Waals surface area contributed by atoms with E-state index in [9.17, 15) is 4.79 Å². The van der Waals surface area contributed by atoms with Crippen molar-refractivity contribution in [2.24, 2.45) is 0 Å². The zero-order valence-electron chi connectivity index (χ0n) is 14.2. The molecule has 0 bridgehead atoms. The lowest BCUT2D eigenvalue weighted by atomic mass is 10.1. The molecule has 2 aromatic rings. The Morgan fingerprint density at radius 2 is 1.79 bits per heavy atom. The van der Waals surface area contributed by atoms with Crippen LogP contribution in [0.3, 0.4) is 0 Å². The Morgan fingerprint density at radius 3 is 2.54 bits per heavy atom. The van der Waals surface area contributed by atoms with Crippen LogP contribution >= 0.6 is 0 Å². The third-order valence-electron chi connectivity index (χ3n) is 4.21. The molecular weight excluding hydrogens is 302 g/mol. The van der Waals surface area contributed by atoms with Crippen molar-refractivity contribution in [2.45, 2.75) is 32.7 Å². The van der Waals surface area contributed by atoms with Gasteiger partial charge in [0.05, 0.1) is 6.04 Å². The van der Waals surface area contributed by atoms with E-state index in [4.69, 9.17) is 9.47 Å². The van der Waals surface area contributed by atoms with Crippen LogP contribution in [0.2, 0.25) is 0 Å². The Kier molecular flexibility index (Phi) is 5.04. The van der Waals surface area contributed by atoms with Gasteiger partial charge in [0.1, 0.15) is 13.2 Å². The van der Waals surface area contributed by atoms with Crippen LogP contribution in [0.25, 0.3) is 0 Å². The molecule has 0 saturated carbocycles. The van der Waals surface area contributed by atoms with Crippen molar-refractivity contribution < 1.29 is 14.3 Å². The number of nitrogens with one attached hydrogen (secondary N) is 1. The topological polar surface area (TPSA) is 47.6 Å². The Morgan fingerprint density at radius 1 is 1.08 bits per heavy atom. The smallest absolute Gasteiger partial charge is 0.220 e. The third kappa shape index (κ3) is 4.07. The average Bonchev–Trinajstić information content (AvgIpc) is 2.61. The van der Waals surface area contributed by atoms with Gasteiger partial charge in [0, 0.05) is 6.42 Å². The van der Waals surface area contributed by atoms with E-state index >= 15 is 0 Å². The molecule has 24 heavy (non-hydrogen) atoms. The minimum Gasteiger partial charge on any atom is -0.486 e. The lowest BCUT2D eigenvalue weighted by Gasteiger charge is -2.21. The van der Waals surface area contributed by atoms with Gasteiger partial charge in [-0.25, -0.2) is 0 Å². The Balaban J connectivity index is 1.55. The second-order valence-corrected chi connectivity index (χ2v) is 6.18. The minimum atomic E-state index is -0.0636. The van der Waals surface area contributed by atoms with Gasteiger partial charge in [-0.05, 0) is 43.5 Å². The van der Waals surface area contributed by atoms with E-state index in [0.29, 0.717) is 19.6 Å². The maximum absolute atomic E-state index is 12.2. The van der Waals surface area contributed by atoms with E-state index in [0.717, 1.165) is 23.5 Å². The van der Waals surface area contributed by atoms with Crippen molar-refractivity contribution in [2.75, 3.05) is 13.2 Å². The summed E-state index contributed by atoms with van der Waals surface area (Å²) in [4.78, 5) is 12.2.